The molecule has 2 aromatic carbocycles. The van der Waals surface area contributed by atoms with Crippen LogP contribution in [0.1, 0.15) is 18.4 Å². The maximum absolute atomic E-state index is 12.7. The SMILES string of the molecule is COc1cc(NC(=O)C2CCN(Cc3ccccc3)CC2)c(OC)cc1Cl. The number of amides is 1. The fourth-order valence-corrected chi connectivity index (χ4v) is 3.62. The number of ether oxygens (including phenoxy) is 2. The van der Waals surface area contributed by atoms with Crippen LogP contribution in [-0.2, 0) is 11.3 Å². The summed E-state index contributed by atoms with van der Waals surface area (Å²) < 4.78 is 10.6. The van der Waals surface area contributed by atoms with Gasteiger partial charge in [0.1, 0.15) is 11.5 Å². The molecule has 1 N–H and O–H groups in total. The molecule has 0 spiro atoms. The van der Waals surface area contributed by atoms with Crippen LogP contribution in [0.3, 0.4) is 0 Å². The Kier molecular flexibility index (Phi) is 6.58. The van der Waals surface area contributed by atoms with E-state index >= 15 is 0 Å². The number of carbonyl (C=O) groups excluding carboxylic acids is 1. The van der Waals surface area contributed by atoms with Crippen molar-refractivity contribution in [2.75, 3.05) is 32.6 Å². The lowest BCUT2D eigenvalue weighted by Gasteiger charge is -2.31. The molecule has 0 saturated carbocycles. The zero-order valence-electron chi connectivity index (χ0n) is 15.7. The van der Waals surface area contributed by atoms with Crippen LogP contribution in [0.2, 0.25) is 5.02 Å². The lowest BCUT2D eigenvalue weighted by Crippen LogP contribution is -2.37. The van der Waals surface area contributed by atoms with E-state index in [-0.39, 0.29) is 11.8 Å². The predicted octanol–water partition coefficient (Wildman–Crippen LogP) is 4.21. The number of hydrogen-bond donors (Lipinski definition) is 1. The van der Waals surface area contributed by atoms with E-state index in [2.05, 4.69) is 34.5 Å². The van der Waals surface area contributed by atoms with E-state index in [0.717, 1.165) is 32.5 Å². The molecule has 1 amide bonds. The summed E-state index contributed by atoms with van der Waals surface area (Å²) in [6, 6.07) is 13.8. The van der Waals surface area contributed by atoms with Gasteiger partial charge in [-0.3, -0.25) is 9.69 Å². The van der Waals surface area contributed by atoms with Crippen LogP contribution in [0.5, 0.6) is 11.5 Å². The van der Waals surface area contributed by atoms with Gasteiger partial charge in [0.2, 0.25) is 5.91 Å². The van der Waals surface area contributed by atoms with Crippen LogP contribution in [0, 0.1) is 5.92 Å². The Bertz CT molecular complexity index is 774. The number of benzene rings is 2. The summed E-state index contributed by atoms with van der Waals surface area (Å²) in [5.74, 6) is 1.03. The second-order valence-corrected chi connectivity index (χ2v) is 7.12. The molecule has 1 aliphatic rings. The molecule has 3 rings (SSSR count). The number of anilines is 1. The van der Waals surface area contributed by atoms with Gasteiger partial charge in [0.15, 0.2) is 0 Å². The van der Waals surface area contributed by atoms with Crippen molar-refractivity contribution in [2.24, 2.45) is 5.92 Å². The van der Waals surface area contributed by atoms with E-state index in [1.807, 2.05) is 6.07 Å². The normalized spacial score (nSPS) is 15.4. The Morgan fingerprint density at radius 3 is 2.41 bits per heavy atom. The van der Waals surface area contributed by atoms with Gasteiger partial charge >= 0.3 is 0 Å². The third-order valence-corrected chi connectivity index (χ3v) is 5.23. The first-order valence-electron chi connectivity index (χ1n) is 9.09. The fraction of sp³-hybridized carbons (Fsp3) is 0.381. The summed E-state index contributed by atoms with van der Waals surface area (Å²) in [4.78, 5) is 15.1. The summed E-state index contributed by atoms with van der Waals surface area (Å²) in [5.41, 5.74) is 1.88. The van der Waals surface area contributed by atoms with Crippen molar-refractivity contribution in [1.82, 2.24) is 4.90 Å². The Morgan fingerprint density at radius 2 is 1.78 bits per heavy atom. The number of nitrogens with zero attached hydrogens (tertiary/aromatic N) is 1. The number of nitrogens with one attached hydrogen (secondary N) is 1. The lowest BCUT2D eigenvalue weighted by atomic mass is 9.95. The molecular weight excluding hydrogens is 364 g/mol. The monoisotopic (exact) mass is 388 g/mol. The number of rotatable bonds is 6. The zero-order valence-corrected chi connectivity index (χ0v) is 16.5. The first-order chi connectivity index (χ1) is 13.1. The molecule has 1 saturated heterocycles. The predicted molar refractivity (Wildman–Crippen MR) is 108 cm³/mol. The van der Waals surface area contributed by atoms with E-state index < -0.39 is 0 Å². The van der Waals surface area contributed by atoms with Crippen LogP contribution in [0.25, 0.3) is 0 Å². The molecule has 6 heteroatoms. The Hall–Kier alpha value is -2.24. The Labute approximate surface area is 165 Å². The molecule has 5 nitrogen and oxygen atoms in total. The highest BCUT2D eigenvalue weighted by Crippen LogP contribution is 2.36. The van der Waals surface area contributed by atoms with E-state index in [1.165, 1.54) is 5.56 Å². The van der Waals surface area contributed by atoms with Gasteiger partial charge in [-0.25, -0.2) is 0 Å². The summed E-state index contributed by atoms with van der Waals surface area (Å²) in [6.45, 7) is 2.75. The average molecular weight is 389 g/mol. The van der Waals surface area contributed by atoms with Crippen LogP contribution in [0.15, 0.2) is 42.5 Å². The Morgan fingerprint density at radius 1 is 1.11 bits per heavy atom. The molecule has 1 heterocycles. The summed E-state index contributed by atoms with van der Waals surface area (Å²) in [6.07, 6.45) is 1.68. The topological polar surface area (TPSA) is 50.8 Å². The third kappa shape index (κ3) is 4.93. The maximum Gasteiger partial charge on any atom is 0.227 e. The van der Waals surface area contributed by atoms with Gasteiger partial charge in [-0.15, -0.1) is 0 Å². The van der Waals surface area contributed by atoms with Crippen LogP contribution in [0.4, 0.5) is 5.69 Å². The van der Waals surface area contributed by atoms with Crippen molar-refractivity contribution in [2.45, 2.75) is 19.4 Å². The highest BCUT2D eigenvalue weighted by molar-refractivity contribution is 6.32. The quantitative estimate of drug-likeness (QED) is 0.805. The van der Waals surface area contributed by atoms with Crippen LogP contribution >= 0.6 is 11.6 Å². The first-order valence-corrected chi connectivity index (χ1v) is 9.47. The second-order valence-electron chi connectivity index (χ2n) is 6.71. The molecule has 0 atom stereocenters. The molecular formula is C21H25ClN2O3. The van der Waals surface area contributed by atoms with Crippen molar-refractivity contribution in [1.29, 1.82) is 0 Å². The van der Waals surface area contributed by atoms with Gasteiger partial charge in [-0.1, -0.05) is 41.9 Å². The van der Waals surface area contributed by atoms with Gasteiger partial charge in [-0.05, 0) is 31.5 Å². The summed E-state index contributed by atoms with van der Waals surface area (Å²) in [5, 5.41) is 3.42. The Balaban J connectivity index is 1.58. The molecule has 0 radical (unpaired) electrons. The number of likely N-dealkylation sites (tertiary alicyclic amines) is 1. The standard InChI is InChI=1S/C21H25ClN2O3/c1-26-19-13-18(20(27-2)12-17(19)22)23-21(25)16-8-10-24(11-9-16)14-15-6-4-3-5-7-15/h3-7,12-13,16H,8-11,14H2,1-2H3,(H,23,25). The van der Waals surface area contributed by atoms with E-state index in [0.29, 0.717) is 22.2 Å². The van der Waals surface area contributed by atoms with Crippen molar-refractivity contribution in [3.63, 3.8) is 0 Å². The maximum atomic E-state index is 12.7. The van der Waals surface area contributed by atoms with E-state index in [9.17, 15) is 4.79 Å². The number of methoxy groups -OCH3 is 2. The zero-order chi connectivity index (χ0) is 19.2. The lowest BCUT2D eigenvalue weighted by molar-refractivity contribution is -0.121. The van der Waals surface area contributed by atoms with Crippen molar-refractivity contribution in [3.8, 4) is 11.5 Å². The smallest absolute Gasteiger partial charge is 0.227 e. The van der Waals surface area contributed by atoms with Crippen LogP contribution < -0.4 is 14.8 Å². The number of piperidine rings is 1. The number of hydrogen-bond acceptors (Lipinski definition) is 4. The largest absolute Gasteiger partial charge is 0.495 e. The molecule has 1 aliphatic heterocycles. The third-order valence-electron chi connectivity index (χ3n) is 4.94. The van der Waals surface area contributed by atoms with Crippen molar-refractivity contribution >= 4 is 23.2 Å². The number of halogens is 1. The first kappa shape index (κ1) is 19.5. The average Bonchev–Trinajstić information content (AvgIpc) is 2.70. The number of carbonyl (C=O) groups is 1. The molecule has 27 heavy (non-hydrogen) atoms. The van der Waals surface area contributed by atoms with Gasteiger partial charge in [0.25, 0.3) is 0 Å². The summed E-state index contributed by atoms with van der Waals surface area (Å²) >= 11 is 6.12. The molecule has 0 aromatic heterocycles. The fourth-order valence-electron chi connectivity index (χ4n) is 3.39. The molecule has 1 fully saturated rings. The highest BCUT2D eigenvalue weighted by Gasteiger charge is 2.26. The molecule has 0 unspecified atom stereocenters. The summed E-state index contributed by atoms with van der Waals surface area (Å²) in [7, 11) is 3.09. The van der Waals surface area contributed by atoms with Crippen molar-refractivity contribution < 1.29 is 14.3 Å². The molecule has 2 aromatic rings. The van der Waals surface area contributed by atoms with Gasteiger partial charge in [0.05, 0.1) is 24.9 Å². The molecule has 0 aliphatic carbocycles. The van der Waals surface area contributed by atoms with E-state index in [1.54, 1.807) is 26.4 Å². The van der Waals surface area contributed by atoms with Gasteiger partial charge < -0.3 is 14.8 Å². The minimum Gasteiger partial charge on any atom is -0.495 e. The minimum absolute atomic E-state index is 0.0107. The minimum atomic E-state index is -0.0107. The molecule has 144 valence electrons. The van der Waals surface area contributed by atoms with E-state index in [4.69, 9.17) is 21.1 Å². The van der Waals surface area contributed by atoms with Crippen LogP contribution in [-0.4, -0.2) is 38.1 Å². The highest BCUT2D eigenvalue weighted by atomic mass is 35.5. The second kappa shape index (κ2) is 9.11. The van der Waals surface area contributed by atoms with Crippen molar-refractivity contribution in [3.05, 3.63) is 53.1 Å². The van der Waals surface area contributed by atoms with Gasteiger partial charge in [-0.2, -0.15) is 0 Å². The van der Waals surface area contributed by atoms with Gasteiger partial charge in [0, 0.05) is 24.6 Å². The molecule has 0 bridgehead atoms.